The maximum Gasteiger partial charge on any atom is 0.410 e. The number of rotatable bonds is 4. The van der Waals surface area contributed by atoms with E-state index in [0.29, 0.717) is 23.7 Å². The molecule has 1 amide bonds. The molecule has 0 bridgehead atoms. The molecule has 1 aromatic carbocycles. The van der Waals surface area contributed by atoms with Gasteiger partial charge in [0.1, 0.15) is 23.3 Å². The summed E-state index contributed by atoms with van der Waals surface area (Å²) in [6, 6.07) is 8.90. The van der Waals surface area contributed by atoms with Crippen molar-refractivity contribution in [1.29, 1.82) is 0 Å². The number of benzene rings is 1. The van der Waals surface area contributed by atoms with Crippen LogP contribution in [0.1, 0.15) is 39.2 Å². The Bertz CT molecular complexity index is 1300. The maximum absolute atomic E-state index is 12.2. The van der Waals surface area contributed by atoms with Crippen molar-refractivity contribution in [3.8, 4) is 11.6 Å². The zero-order valence-corrected chi connectivity index (χ0v) is 21.1. The summed E-state index contributed by atoms with van der Waals surface area (Å²) in [4.78, 5) is 18.8. The van der Waals surface area contributed by atoms with Crippen LogP contribution in [-0.4, -0.2) is 60.0 Å². The number of carbonyl (C=O) groups excluding carboxylic acids is 1. The third-order valence-electron chi connectivity index (χ3n) is 5.77. The quantitative estimate of drug-likeness (QED) is 0.540. The van der Waals surface area contributed by atoms with E-state index in [4.69, 9.17) is 9.47 Å². The number of hydrogen-bond acceptors (Lipinski definition) is 6. The van der Waals surface area contributed by atoms with Crippen LogP contribution in [0.4, 0.5) is 4.79 Å². The average Bonchev–Trinajstić information content (AvgIpc) is 3.09. The van der Waals surface area contributed by atoms with Crippen molar-refractivity contribution in [2.24, 2.45) is 0 Å². The molecule has 1 aliphatic heterocycles. The Labute approximate surface area is 200 Å². The second-order valence-corrected chi connectivity index (χ2v) is 11.8. The Morgan fingerprint density at radius 2 is 1.82 bits per heavy atom. The first-order chi connectivity index (χ1) is 15.9. The summed E-state index contributed by atoms with van der Waals surface area (Å²) >= 11 is 0. The molecule has 9 heteroatoms. The highest BCUT2D eigenvalue weighted by Crippen LogP contribution is 2.27. The first-order valence-electron chi connectivity index (χ1n) is 11.3. The lowest BCUT2D eigenvalue weighted by molar-refractivity contribution is 0.0126. The third kappa shape index (κ3) is 5.35. The number of pyridine rings is 1. The summed E-state index contributed by atoms with van der Waals surface area (Å²) in [5.74, 6) is 1.39. The average molecular weight is 486 g/mol. The molecule has 0 unspecified atom stereocenters. The number of aryl methyl sites for hydroxylation is 1. The second kappa shape index (κ2) is 8.94. The lowest BCUT2D eigenvalue weighted by Gasteiger charge is -2.33. The van der Waals surface area contributed by atoms with Crippen molar-refractivity contribution >= 4 is 26.8 Å². The Morgan fingerprint density at radius 3 is 2.41 bits per heavy atom. The van der Waals surface area contributed by atoms with Gasteiger partial charge in [0, 0.05) is 43.8 Å². The molecule has 0 saturated carbocycles. The van der Waals surface area contributed by atoms with Gasteiger partial charge in [0.2, 0.25) is 0 Å². The smallest absolute Gasteiger partial charge is 0.410 e. The molecule has 0 atom stereocenters. The van der Waals surface area contributed by atoms with Gasteiger partial charge in [-0.2, -0.15) is 0 Å². The van der Waals surface area contributed by atoms with Gasteiger partial charge >= 0.3 is 6.09 Å². The van der Waals surface area contributed by atoms with Gasteiger partial charge in [-0.1, -0.05) is 0 Å². The number of piperidine rings is 1. The van der Waals surface area contributed by atoms with Crippen molar-refractivity contribution in [3.63, 3.8) is 0 Å². The SMILES string of the molecule is Cc1cn(-c2ccc(OC3CCN(C(=O)OC(C)(C)C)CC3)cn2)c2ccc(S(C)(=O)=O)cc12. The molecule has 0 N–H and O–H groups in total. The van der Waals surface area contributed by atoms with Gasteiger partial charge in [-0.3, -0.25) is 0 Å². The van der Waals surface area contributed by atoms with Crippen LogP contribution in [0, 0.1) is 6.92 Å². The molecule has 1 aliphatic rings. The van der Waals surface area contributed by atoms with Gasteiger partial charge in [-0.05, 0) is 63.6 Å². The first kappa shape index (κ1) is 24.1. The number of sulfone groups is 1. The molecule has 0 aliphatic carbocycles. The summed E-state index contributed by atoms with van der Waals surface area (Å²) < 4.78 is 37.3. The fourth-order valence-corrected chi connectivity index (χ4v) is 4.70. The Morgan fingerprint density at radius 1 is 1.12 bits per heavy atom. The number of nitrogens with zero attached hydrogens (tertiary/aromatic N) is 3. The van der Waals surface area contributed by atoms with Gasteiger partial charge in [-0.15, -0.1) is 0 Å². The van der Waals surface area contributed by atoms with Crippen LogP contribution in [0.15, 0.2) is 47.6 Å². The summed E-state index contributed by atoms with van der Waals surface area (Å²) in [6.45, 7) is 8.73. The van der Waals surface area contributed by atoms with Crippen molar-refractivity contribution in [3.05, 3.63) is 48.3 Å². The Hall–Kier alpha value is -3.07. The van der Waals surface area contributed by atoms with E-state index in [-0.39, 0.29) is 12.2 Å². The highest BCUT2D eigenvalue weighted by molar-refractivity contribution is 7.90. The predicted molar refractivity (Wildman–Crippen MR) is 130 cm³/mol. The minimum atomic E-state index is -3.27. The molecule has 1 saturated heterocycles. The van der Waals surface area contributed by atoms with E-state index in [0.717, 1.165) is 35.1 Å². The minimum absolute atomic E-state index is 0.00963. The van der Waals surface area contributed by atoms with E-state index < -0.39 is 15.4 Å². The maximum atomic E-state index is 12.2. The van der Waals surface area contributed by atoms with E-state index in [1.807, 2.05) is 56.7 Å². The molecule has 2 aromatic heterocycles. The largest absolute Gasteiger partial charge is 0.489 e. The van der Waals surface area contributed by atoms with E-state index in [9.17, 15) is 13.2 Å². The molecular weight excluding hydrogens is 454 g/mol. The van der Waals surface area contributed by atoms with Crippen molar-refractivity contribution in [2.75, 3.05) is 19.3 Å². The predicted octanol–water partition coefficient (Wildman–Crippen LogP) is 4.52. The molecule has 0 radical (unpaired) electrons. The number of fused-ring (bicyclic) bond motifs is 1. The molecule has 34 heavy (non-hydrogen) atoms. The van der Waals surface area contributed by atoms with Gasteiger partial charge < -0.3 is 18.9 Å². The molecule has 182 valence electrons. The fourth-order valence-electron chi connectivity index (χ4n) is 4.05. The van der Waals surface area contributed by atoms with Gasteiger partial charge in [0.05, 0.1) is 16.6 Å². The second-order valence-electron chi connectivity index (χ2n) is 9.77. The summed E-state index contributed by atoms with van der Waals surface area (Å²) in [5, 5.41) is 0.877. The van der Waals surface area contributed by atoms with Crippen LogP contribution < -0.4 is 4.74 Å². The van der Waals surface area contributed by atoms with Crippen LogP contribution >= 0.6 is 0 Å². The topological polar surface area (TPSA) is 90.7 Å². The highest BCUT2D eigenvalue weighted by Gasteiger charge is 2.27. The molecule has 8 nitrogen and oxygen atoms in total. The number of ether oxygens (including phenoxy) is 2. The number of carbonyl (C=O) groups is 1. The van der Waals surface area contributed by atoms with E-state index >= 15 is 0 Å². The van der Waals surface area contributed by atoms with Crippen LogP contribution in [0.3, 0.4) is 0 Å². The highest BCUT2D eigenvalue weighted by atomic mass is 32.2. The third-order valence-corrected chi connectivity index (χ3v) is 6.88. The lowest BCUT2D eigenvalue weighted by Crippen LogP contribution is -2.44. The normalized spacial score (nSPS) is 15.5. The zero-order chi connectivity index (χ0) is 24.7. The monoisotopic (exact) mass is 485 g/mol. The van der Waals surface area contributed by atoms with Gasteiger partial charge in [0.25, 0.3) is 0 Å². The van der Waals surface area contributed by atoms with Gasteiger partial charge in [-0.25, -0.2) is 18.2 Å². The van der Waals surface area contributed by atoms with E-state index in [1.165, 1.54) is 6.26 Å². The van der Waals surface area contributed by atoms with E-state index in [1.54, 1.807) is 23.2 Å². The molecule has 0 spiro atoms. The molecule has 3 aromatic rings. The fraction of sp³-hybridized carbons (Fsp3) is 0.440. The number of aromatic nitrogens is 2. The van der Waals surface area contributed by atoms with Gasteiger partial charge in [0.15, 0.2) is 9.84 Å². The summed E-state index contributed by atoms with van der Waals surface area (Å²) in [5.41, 5.74) is 1.36. The Kier molecular flexibility index (Phi) is 6.33. The summed E-state index contributed by atoms with van der Waals surface area (Å²) in [6.07, 6.45) is 6.04. The van der Waals surface area contributed by atoms with Crippen LogP contribution in [-0.2, 0) is 14.6 Å². The molecular formula is C25H31N3O5S. The first-order valence-corrected chi connectivity index (χ1v) is 13.2. The standard InChI is InChI=1S/C25H31N3O5S/c1-17-16-28(22-8-7-20(14-21(17)22)34(5,30)31)23-9-6-19(15-26-23)32-18-10-12-27(13-11-18)24(29)33-25(2,3)4/h6-9,14-16,18H,10-13H2,1-5H3. The van der Waals surface area contributed by atoms with E-state index in [2.05, 4.69) is 4.98 Å². The van der Waals surface area contributed by atoms with Crippen LogP contribution in [0.25, 0.3) is 16.7 Å². The molecule has 3 heterocycles. The molecule has 4 rings (SSSR count). The lowest BCUT2D eigenvalue weighted by atomic mass is 10.1. The molecule has 1 fully saturated rings. The summed E-state index contributed by atoms with van der Waals surface area (Å²) in [7, 11) is -3.27. The van der Waals surface area contributed by atoms with Crippen LogP contribution in [0.2, 0.25) is 0 Å². The number of amides is 1. The minimum Gasteiger partial charge on any atom is -0.489 e. The van der Waals surface area contributed by atoms with Crippen molar-refractivity contribution in [2.45, 2.75) is 57.1 Å². The van der Waals surface area contributed by atoms with Crippen LogP contribution in [0.5, 0.6) is 5.75 Å². The van der Waals surface area contributed by atoms with Crippen molar-refractivity contribution in [1.82, 2.24) is 14.5 Å². The number of likely N-dealkylation sites (tertiary alicyclic amines) is 1. The van der Waals surface area contributed by atoms with Crippen molar-refractivity contribution < 1.29 is 22.7 Å². The zero-order valence-electron chi connectivity index (χ0n) is 20.2. The number of hydrogen-bond donors (Lipinski definition) is 0. The Balaban J connectivity index is 1.43.